The van der Waals surface area contributed by atoms with Gasteiger partial charge in [-0.25, -0.2) is 10.2 Å². The van der Waals surface area contributed by atoms with E-state index in [1.54, 1.807) is 0 Å². The Morgan fingerprint density at radius 3 is 2.48 bits per heavy atom. The van der Waals surface area contributed by atoms with Gasteiger partial charge in [-0.15, -0.1) is 0 Å². The lowest BCUT2D eigenvalue weighted by Crippen LogP contribution is -2.38. The van der Waals surface area contributed by atoms with Crippen LogP contribution in [0, 0.1) is 11.8 Å². The molecule has 0 saturated heterocycles. The fourth-order valence-electron chi connectivity index (χ4n) is 2.58. The highest BCUT2D eigenvalue weighted by Crippen LogP contribution is 2.28. The van der Waals surface area contributed by atoms with Crippen LogP contribution in [0.2, 0.25) is 0 Å². The van der Waals surface area contributed by atoms with Crippen LogP contribution in [0.1, 0.15) is 39.0 Å². The van der Waals surface area contributed by atoms with E-state index in [1.807, 2.05) is 6.92 Å². The number of hydrazone groups is 1. The number of hydrogen-bond acceptors (Lipinski definition) is 4. The quantitative estimate of drug-likeness (QED) is 0.305. The third-order valence-corrected chi connectivity index (χ3v) is 4.00. The van der Waals surface area contributed by atoms with Crippen LogP contribution in [0.3, 0.4) is 0 Å². The standard InChI is InChI=1S/C14H25BN4O4/c1-2-11(18-13(15)22)8-17-19-14(23)16-7-9-3-5-10(6-4-9)12(20)21/h8-11H,2-7,15H2,1H3,(H,18,22)(H,20,21)(H2,16,19,23)/b17-8+. The lowest BCUT2D eigenvalue weighted by atomic mass is 9.82. The Labute approximate surface area is 136 Å². The average Bonchev–Trinajstić information content (AvgIpc) is 2.51. The summed E-state index contributed by atoms with van der Waals surface area (Å²) in [5.41, 5.74) is 2.36. The summed E-state index contributed by atoms with van der Waals surface area (Å²) >= 11 is 0. The number of carbonyl (C=O) groups is 3. The van der Waals surface area contributed by atoms with Crippen molar-refractivity contribution in [3.63, 3.8) is 0 Å². The van der Waals surface area contributed by atoms with Crippen LogP contribution in [-0.4, -0.2) is 49.6 Å². The number of rotatable bonds is 7. The minimum absolute atomic E-state index is 0.148. The maximum absolute atomic E-state index is 11.6. The monoisotopic (exact) mass is 324 g/mol. The van der Waals surface area contributed by atoms with E-state index < -0.39 is 12.0 Å². The van der Waals surface area contributed by atoms with Gasteiger partial charge in [0.1, 0.15) is 0 Å². The minimum atomic E-state index is -0.729. The van der Waals surface area contributed by atoms with Crippen molar-refractivity contribution >= 4 is 31.9 Å². The highest BCUT2D eigenvalue weighted by atomic mass is 16.4. The summed E-state index contributed by atoms with van der Waals surface area (Å²) in [6.45, 7) is 2.41. The maximum Gasteiger partial charge on any atom is 0.335 e. The van der Waals surface area contributed by atoms with Gasteiger partial charge in [-0.05, 0) is 38.0 Å². The predicted octanol–water partition coefficient (Wildman–Crippen LogP) is 0.284. The predicted molar refractivity (Wildman–Crippen MR) is 89.3 cm³/mol. The van der Waals surface area contributed by atoms with Crippen LogP contribution < -0.4 is 16.1 Å². The van der Waals surface area contributed by atoms with Crippen molar-refractivity contribution in [2.24, 2.45) is 16.9 Å². The molecular formula is C14H25BN4O4. The van der Waals surface area contributed by atoms with Crippen molar-refractivity contribution < 1.29 is 19.5 Å². The van der Waals surface area contributed by atoms with Crippen molar-refractivity contribution in [1.82, 2.24) is 16.1 Å². The first-order valence-electron chi connectivity index (χ1n) is 7.99. The highest BCUT2D eigenvalue weighted by molar-refractivity contribution is 6.57. The van der Waals surface area contributed by atoms with Gasteiger partial charge in [-0.3, -0.25) is 9.59 Å². The molecule has 8 nitrogen and oxygen atoms in total. The number of hydrogen-bond donors (Lipinski definition) is 4. The fraction of sp³-hybridized carbons (Fsp3) is 0.714. The van der Waals surface area contributed by atoms with Crippen LogP contribution in [0.4, 0.5) is 9.59 Å². The zero-order chi connectivity index (χ0) is 17.2. The lowest BCUT2D eigenvalue weighted by Gasteiger charge is -2.25. The number of carbonyl (C=O) groups excluding carboxylic acids is 2. The van der Waals surface area contributed by atoms with E-state index in [9.17, 15) is 14.4 Å². The normalized spacial score (nSPS) is 22.3. The maximum atomic E-state index is 11.6. The first-order chi connectivity index (χ1) is 10.9. The van der Waals surface area contributed by atoms with E-state index in [0.29, 0.717) is 31.7 Å². The van der Waals surface area contributed by atoms with Gasteiger partial charge in [0.25, 0.3) is 0 Å². The Bertz CT molecular complexity index is 450. The van der Waals surface area contributed by atoms with E-state index in [4.69, 9.17) is 5.11 Å². The van der Waals surface area contributed by atoms with E-state index in [2.05, 4.69) is 21.2 Å². The Morgan fingerprint density at radius 1 is 1.30 bits per heavy atom. The summed E-state index contributed by atoms with van der Waals surface area (Å²) < 4.78 is 0. The lowest BCUT2D eigenvalue weighted by molar-refractivity contribution is -0.143. The van der Waals surface area contributed by atoms with Gasteiger partial charge in [0, 0.05) is 12.8 Å². The van der Waals surface area contributed by atoms with E-state index in [0.717, 1.165) is 12.8 Å². The van der Waals surface area contributed by atoms with Crippen molar-refractivity contribution in [3.8, 4) is 0 Å². The molecule has 0 bridgehead atoms. The van der Waals surface area contributed by atoms with Crippen LogP contribution in [-0.2, 0) is 4.79 Å². The molecule has 0 spiro atoms. The molecule has 1 atom stereocenters. The number of urea groups is 1. The molecule has 3 amide bonds. The molecule has 23 heavy (non-hydrogen) atoms. The van der Waals surface area contributed by atoms with Gasteiger partial charge in [-0.1, -0.05) is 6.92 Å². The Balaban J connectivity index is 2.22. The van der Waals surface area contributed by atoms with Crippen LogP contribution in [0.15, 0.2) is 5.10 Å². The van der Waals surface area contributed by atoms with E-state index in [1.165, 1.54) is 14.1 Å². The Morgan fingerprint density at radius 2 is 1.96 bits per heavy atom. The third kappa shape index (κ3) is 7.67. The summed E-state index contributed by atoms with van der Waals surface area (Å²) in [5, 5.41) is 18.2. The van der Waals surface area contributed by atoms with E-state index >= 15 is 0 Å². The average molecular weight is 324 g/mol. The zero-order valence-electron chi connectivity index (χ0n) is 13.7. The Hall–Kier alpha value is -2.06. The second-order valence-corrected chi connectivity index (χ2v) is 5.87. The number of aliphatic carboxylic acids is 1. The minimum Gasteiger partial charge on any atom is -0.481 e. The number of amides is 3. The molecule has 1 rings (SSSR count). The first kappa shape index (κ1) is 19.0. The molecule has 128 valence electrons. The second-order valence-electron chi connectivity index (χ2n) is 5.87. The summed E-state index contributed by atoms with van der Waals surface area (Å²) in [5.74, 6) is -0.814. The first-order valence-corrected chi connectivity index (χ1v) is 7.99. The summed E-state index contributed by atoms with van der Waals surface area (Å²) in [6.07, 6.45) is 5.10. The summed E-state index contributed by atoms with van der Waals surface area (Å²) in [4.78, 5) is 33.4. The van der Waals surface area contributed by atoms with Gasteiger partial charge < -0.3 is 15.7 Å². The van der Waals surface area contributed by atoms with Crippen LogP contribution >= 0.6 is 0 Å². The fourth-order valence-corrected chi connectivity index (χ4v) is 2.58. The van der Waals surface area contributed by atoms with Crippen molar-refractivity contribution in [2.45, 2.75) is 45.1 Å². The molecule has 1 aliphatic carbocycles. The van der Waals surface area contributed by atoms with Gasteiger partial charge in [0.15, 0.2) is 5.81 Å². The van der Waals surface area contributed by atoms with Crippen molar-refractivity contribution in [1.29, 1.82) is 0 Å². The van der Waals surface area contributed by atoms with Gasteiger partial charge in [0.05, 0.1) is 12.0 Å². The van der Waals surface area contributed by atoms with Gasteiger partial charge >= 0.3 is 12.0 Å². The summed E-state index contributed by atoms with van der Waals surface area (Å²) in [6, 6.07) is -0.613. The number of carboxylic acid groups (broad SMARTS) is 1. The molecule has 0 aromatic rings. The van der Waals surface area contributed by atoms with Crippen molar-refractivity contribution in [3.05, 3.63) is 0 Å². The number of carboxylic acids is 1. The Kier molecular flexibility index (Phi) is 8.14. The SMILES string of the molecule is BC(=O)NC(/C=N/NC(=O)NCC1CCC(C(=O)O)CC1)CC. The molecule has 0 heterocycles. The molecular weight excluding hydrogens is 299 g/mol. The molecule has 0 aromatic heterocycles. The third-order valence-electron chi connectivity index (χ3n) is 4.00. The smallest absolute Gasteiger partial charge is 0.335 e. The van der Waals surface area contributed by atoms with Crippen LogP contribution in [0.5, 0.6) is 0 Å². The summed E-state index contributed by atoms with van der Waals surface area (Å²) in [7, 11) is 1.43. The number of nitrogens with one attached hydrogen (secondary N) is 3. The number of nitrogens with zero attached hydrogens (tertiary/aromatic N) is 1. The molecule has 1 aliphatic rings. The van der Waals surface area contributed by atoms with E-state index in [-0.39, 0.29) is 17.8 Å². The molecule has 1 fully saturated rings. The topological polar surface area (TPSA) is 120 Å². The largest absolute Gasteiger partial charge is 0.481 e. The molecule has 1 saturated carbocycles. The van der Waals surface area contributed by atoms with Gasteiger partial charge in [-0.2, -0.15) is 5.10 Å². The molecule has 0 aliphatic heterocycles. The molecule has 0 radical (unpaired) electrons. The second kappa shape index (κ2) is 9.86. The van der Waals surface area contributed by atoms with Gasteiger partial charge in [0.2, 0.25) is 7.85 Å². The van der Waals surface area contributed by atoms with Crippen LogP contribution in [0.25, 0.3) is 0 Å². The molecule has 0 aromatic carbocycles. The molecule has 4 N–H and O–H groups in total. The molecule has 9 heteroatoms. The zero-order valence-corrected chi connectivity index (χ0v) is 13.7. The highest BCUT2D eigenvalue weighted by Gasteiger charge is 2.25. The molecule has 1 unspecified atom stereocenters. The van der Waals surface area contributed by atoms with Crippen molar-refractivity contribution in [2.75, 3.05) is 6.54 Å².